The molecule has 0 spiro atoms. The van der Waals surface area contributed by atoms with Gasteiger partial charge < -0.3 is 20.1 Å². The van der Waals surface area contributed by atoms with Gasteiger partial charge in [-0.1, -0.05) is 34.6 Å². The van der Waals surface area contributed by atoms with Crippen molar-refractivity contribution in [1.29, 1.82) is 0 Å². The summed E-state index contributed by atoms with van der Waals surface area (Å²) >= 11 is 0. The van der Waals surface area contributed by atoms with Gasteiger partial charge in [-0.05, 0) is 123 Å². The molecule has 0 aromatic rings. The molecule has 4 rings (SSSR count). The second-order valence-electron chi connectivity index (χ2n) is 14.9. The van der Waals surface area contributed by atoms with Crippen molar-refractivity contribution in [3.05, 3.63) is 0 Å². The molecule has 4 aliphatic carbocycles. The number of ether oxygens (including phenoxy) is 1. The highest BCUT2D eigenvalue weighted by atomic mass is 16.5. The first-order valence-electron chi connectivity index (χ1n) is 14.2. The molecule has 0 aliphatic heterocycles. The topological polar surface area (TPSA) is 69.9 Å². The first-order valence-corrected chi connectivity index (χ1v) is 14.2. The summed E-state index contributed by atoms with van der Waals surface area (Å²) in [5, 5.41) is 32.9. The van der Waals surface area contributed by atoms with E-state index in [9.17, 15) is 15.3 Å². The molecule has 10 atom stereocenters. The zero-order valence-electron chi connectivity index (χ0n) is 23.4. The molecule has 4 aliphatic rings. The SMILES string of the molecule is CO[C@H](CCCC(C)(C)O)[C@H]1CC[C@]2(C)[C@@H]1[C@H](O)C[C@@H]1[C@@]3(C)CC[C@H](O)C(C)(C)[C@@H]3CC[C@]12C. The van der Waals surface area contributed by atoms with Crippen molar-refractivity contribution >= 4 is 0 Å². The zero-order valence-corrected chi connectivity index (χ0v) is 23.4. The summed E-state index contributed by atoms with van der Waals surface area (Å²) < 4.78 is 6.08. The van der Waals surface area contributed by atoms with Gasteiger partial charge in [0.1, 0.15) is 0 Å². The Morgan fingerprint density at radius 1 is 0.912 bits per heavy atom. The molecule has 0 aromatic heterocycles. The van der Waals surface area contributed by atoms with E-state index in [0.717, 1.165) is 44.9 Å². The molecule has 198 valence electrons. The molecule has 4 nitrogen and oxygen atoms in total. The van der Waals surface area contributed by atoms with Gasteiger partial charge in [-0.3, -0.25) is 0 Å². The van der Waals surface area contributed by atoms with Crippen LogP contribution >= 0.6 is 0 Å². The largest absolute Gasteiger partial charge is 0.393 e. The molecule has 0 bridgehead atoms. The van der Waals surface area contributed by atoms with E-state index in [1.54, 1.807) is 0 Å². The van der Waals surface area contributed by atoms with Crippen LogP contribution in [0.5, 0.6) is 0 Å². The zero-order chi connectivity index (χ0) is 25.3. The van der Waals surface area contributed by atoms with Crippen LogP contribution in [0.4, 0.5) is 0 Å². The molecule has 0 radical (unpaired) electrons. The van der Waals surface area contributed by atoms with Gasteiger partial charge in [0.2, 0.25) is 0 Å². The summed E-state index contributed by atoms with van der Waals surface area (Å²) in [5.74, 6) is 1.68. The number of rotatable bonds is 6. The van der Waals surface area contributed by atoms with Crippen LogP contribution in [0.2, 0.25) is 0 Å². The Morgan fingerprint density at radius 2 is 1.56 bits per heavy atom. The van der Waals surface area contributed by atoms with Crippen molar-refractivity contribution in [3.63, 3.8) is 0 Å². The summed E-state index contributed by atoms with van der Waals surface area (Å²) in [6, 6.07) is 0. The fourth-order valence-electron chi connectivity index (χ4n) is 10.5. The van der Waals surface area contributed by atoms with E-state index >= 15 is 0 Å². The Morgan fingerprint density at radius 3 is 2.18 bits per heavy atom. The predicted octanol–water partition coefficient (Wildman–Crippen LogP) is 5.96. The van der Waals surface area contributed by atoms with E-state index in [-0.39, 0.29) is 45.9 Å². The Kier molecular flexibility index (Phi) is 6.89. The molecule has 0 unspecified atom stereocenters. The van der Waals surface area contributed by atoms with Crippen LogP contribution in [0.25, 0.3) is 0 Å². The number of aliphatic hydroxyl groups is 3. The number of hydrogen-bond acceptors (Lipinski definition) is 4. The average molecular weight is 479 g/mol. The number of fused-ring (bicyclic) bond motifs is 5. The van der Waals surface area contributed by atoms with Gasteiger partial charge in [0.25, 0.3) is 0 Å². The molecule has 0 heterocycles. The highest BCUT2D eigenvalue weighted by Gasteiger charge is 2.70. The highest BCUT2D eigenvalue weighted by Crippen LogP contribution is 2.75. The fraction of sp³-hybridized carbons (Fsp3) is 1.00. The molecular weight excluding hydrogens is 424 g/mol. The van der Waals surface area contributed by atoms with Crippen LogP contribution in [0.1, 0.15) is 113 Å². The van der Waals surface area contributed by atoms with Gasteiger partial charge >= 0.3 is 0 Å². The minimum Gasteiger partial charge on any atom is -0.393 e. The van der Waals surface area contributed by atoms with E-state index in [2.05, 4.69) is 34.6 Å². The minimum atomic E-state index is -0.636. The maximum absolute atomic E-state index is 11.8. The van der Waals surface area contributed by atoms with Crippen molar-refractivity contribution in [2.24, 2.45) is 45.3 Å². The second-order valence-corrected chi connectivity index (χ2v) is 14.9. The van der Waals surface area contributed by atoms with Crippen molar-refractivity contribution in [1.82, 2.24) is 0 Å². The molecule has 0 aromatic carbocycles. The van der Waals surface area contributed by atoms with Crippen LogP contribution in [0, 0.1) is 45.3 Å². The Labute approximate surface area is 209 Å². The van der Waals surface area contributed by atoms with Crippen LogP contribution in [-0.4, -0.2) is 46.3 Å². The third-order valence-electron chi connectivity index (χ3n) is 12.5. The first kappa shape index (κ1) is 26.9. The lowest BCUT2D eigenvalue weighted by molar-refractivity contribution is -0.244. The van der Waals surface area contributed by atoms with Crippen LogP contribution in [-0.2, 0) is 4.74 Å². The third-order valence-corrected chi connectivity index (χ3v) is 12.5. The highest BCUT2D eigenvalue weighted by molar-refractivity contribution is 5.19. The lowest BCUT2D eigenvalue weighted by Gasteiger charge is -2.70. The van der Waals surface area contributed by atoms with E-state index in [1.807, 2.05) is 21.0 Å². The van der Waals surface area contributed by atoms with Gasteiger partial charge in [0.05, 0.1) is 23.9 Å². The van der Waals surface area contributed by atoms with E-state index in [1.165, 1.54) is 19.3 Å². The van der Waals surface area contributed by atoms with Gasteiger partial charge in [0, 0.05) is 7.11 Å². The Bertz CT molecular complexity index is 743. The minimum absolute atomic E-state index is 0.0587. The second kappa shape index (κ2) is 8.71. The lowest BCUT2D eigenvalue weighted by Crippen LogP contribution is -2.66. The fourth-order valence-corrected chi connectivity index (χ4v) is 10.5. The van der Waals surface area contributed by atoms with Crippen LogP contribution in [0.15, 0.2) is 0 Å². The predicted molar refractivity (Wildman–Crippen MR) is 137 cm³/mol. The van der Waals surface area contributed by atoms with E-state index in [0.29, 0.717) is 17.8 Å². The van der Waals surface area contributed by atoms with Gasteiger partial charge in [-0.15, -0.1) is 0 Å². The van der Waals surface area contributed by atoms with Gasteiger partial charge in [0.15, 0.2) is 0 Å². The molecule has 4 heteroatoms. The lowest BCUT2D eigenvalue weighted by atomic mass is 9.35. The maximum atomic E-state index is 11.8. The van der Waals surface area contributed by atoms with Crippen LogP contribution in [0.3, 0.4) is 0 Å². The number of hydrogen-bond donors (Lipinski definition) is 3. The normalized spacial score (nSPS) is 49.1. The smallest absolute Gasteiger partial charge is 0.0603 e. The van der Waals surface area contributed by atoms with Crippen LogP contribution < -0.4 is 0 Å². The third kappa shape index (κ3) is 3.92. The van der Waals surface area contributed by atoms with Crippen molar-refractivity contribution < 1.29 is 20.1 Å². The summed E-state index contributed by atoms with van der Waals surface area (Å²) in [5.41, 5.74) is -0.197. The first-order chi connectivity index (χ1) is 15.6. The Balaban J connectivity index is 1.61. The summed E-state index contributed by atoms with van der Waals surface area (Å²) in [7, 11) is 1.84. The monoisotopic (exact) mass is 478 g/mol. The number of aliphatic hydroxyl groups excluding tert-OH is 2. The average Bonchev–Trinajstić information content (AvgIpc) is 3.09. The molecule has 0 saturated heterocycles. The molecule has 0 amide bonds. The standard InChI is InChI=1S/C30H54O4/c1-26(2,33)14-9-10-21(34-8)19-11-16-30(7)25(19)20(31)18-23-28(5)15-13-24(32)27(3,4)22(28)12-17-29(23,30)6/h19-25,31-33H,9-18H2,1-8H3/t19-,20-,21-,22+,23-,24+,25+,28+,29-,30-/m1/s1. The molecule has 4 saturated carbocycles. The van der Waals surface area contributed by atoms with Crippen molar-refractivity contribution in [3.8, 4) is 0 Å². The van der Waals surface area contributed by atoms with Gasteiger partial charge in [-0.2, -0.15) is 0 Å². The molecule has 3 N–H and O–H groups in total. The van der Waals surface area contributed by atoms with Gasteiger partial charge in [-0.25, -0.2) is 0 Å². The van der Waals surface area contributed by atoms with Crippen molar-refractivity contribution in [2.75, 3.05) is 7.11 Å². The quantitative estimate of drug-likeness (QED) is 0.440. The molecule has 4 fully saturated rings. The maximum Gasteiger partial charge on any atom is 0.0603 e. The molecular formula is C30H54O4. The molecule has 34 heavy (non-hydrogen) atoms. The summed E-state index contributed by atoms with van der Waals surface area (Å²) in [6.45, 7) is 15.9. The number of methoxy groups -OCH3 is 1. The van der Waals surface area contributed by atoms with E-state index in [4.69, 9.17) is 4.74 Å². The summed E-state index contributed by atoms with van der Waals surface area (Å²) in [4.78, 5) is 0. The van der Waals surface area contributed by atoms with E-state index < -0.39 is 5.60 Å². The van der Waals surface area contributed by atoms with Crippen molar-refractivity contribution in [2.45, 2.75) is 137 Å². The summed E-state index contributed by atoms with van der Waals surface area (Å²) in [6.07, 6.45) is 9.91. The Hall–Kier alpha value is -0.160.